The minimum absolute atomic E-state index is 0.304. The zero-order valence-electron chi connectivity index (χ0n) is 13.2. The fourth-order valence-corrected chi connectivity index (χ4v) is 2.54. The van der Waals surface area contributed by atoms with E-state index in [0.717, 1.165) is 5.69 Å². The number of hydrogen-bond acceptors (Lipinski definition) is 6. The summed E-state index contributed by atoms with van der Waals surface area (Å²) in [5.41, 5.74) is 2.64. The highest BCUT2D eigenvalue weighted by Gasteiger charge is 2.06. The van der Waals surface area contributed by atoms with Crippen LogP contribution in [0.2, 0.25) is 0 Å². The summed E-state index contributed by atoms with van der Waals surface area (Å²) in [5, 5.41) is 23.2. The van der Waals surface area contributed by atoms with Crippen LogP contribution in [0.15, 0.2) is 78.1 Å². The fraction of sp³-hybridized carbons (Fsp3) is 0. The number of thioether (sulfide) groups is 1. The molecule has 3 aromatic rings. The molecule has 0 radical (unpaired) electrons. The average molecular weight is 347 g/mol. The number of allylic oxidation sites excluding steroid dienone is 1. The van der Waals surface area contributed by atoms with Gasteiger partial charge in [0.05, 0.1) is 10.7 Å². The molecule has 7 heteroatoms. The van der Waals surface area contributed by atoms with Crippen LogP contribution in [0.4, 0.5) is 0 Å². The lowest BCUT2D eigenvalue weighted by molar-refractivity contribution is -0.111. The van der Waals surface area contributed by atoms with Crippen molar-refractivity contribution < 1.29 is 5.41 Å². The standard InChI is InChI=1S/C18H14N6S/c19-13(14-5-1-3-11-21-14)7-9-17(20)25-18-10-8-16(23-24-18)15-6-2-4-12-22-15/h1-12,19-20H/p+1/b9-7-,19-13?,20-17?. The van der Waals surface area contributed by atoms with E-state index in [9.17, 15) is 0 Å². The lowest BCUT2D eigenvalue weighted by Gasteiger charge is -2.00. The predicted molar refractivity (Wildman–Crippen MR) is 98.3 cm³/mol. The molecular formula is C18H15N6S+. The SMILES string of the molecule is N=C(/C=C\C(=[NH2+])c1ccccn1)Sc1ccc(-c2ccccn2)nn1. The van der Waals surface area contributed by atoms with E-state index in [4.69, 9.17) is 10.8 Å². The van der Waals surface area contributed by atoms with Crippen LogP contribution < -0.4 is 5.41 Å². The quantitative estimate of drug-likeness (QED) is 0.416. The van der Waals surface area contributed by atoms with Crippen LogP contribution in [0.5, 0.6) is 0 Å². The first-order chi connectivity index (χ1) is 12.2. The van der Waals surface area contributed by atoms with Crippen molar-refractivity contribution in [3.63, 3.8) is 0 Å². The first kappa shape index (κ1) is 16.7. The summed E-state index contributed by atoms with van der Waals surface area (Å²) < 4.78 is 0. The summed E-state index contributed by atoms with van der Waals surface area (Å²) in [6, 6.07) is 14.8. The van der Waals surface area contributed by atoms with Crippen LogP contribution in [0.1, 0.15) is 5.69 Å². The maximum atomic E-state index is 8.01. The summed E-state index contributed by atoms with van der Waals surface area (Å²) in [6.07, 6.45) is 6.66. The van der Waals surface area contributed by atoms with E-state index >= 15 is 0 Å². The van der Waals surface area contributed by atoms with Crippen LogP contribution in [0.3, 0.4) is 0 Å². The molecule has 0 saturated heterocycles. The topological polar surface area (TPSA) is 101 Å². The molecule has 0 saturated carbocycles. The number of nitrogens with two attached hydrogens (primary N) is 1. The van der Waals surface area contributed by atoms with E-state index in [2.05, 4.69) is 20.2 Å². The Hall–Kier alpha value is -3.19. The summed E-state index contributed by atoms with van der Waals surface area (Å²) >= 11 is 1.20. The second-order valence-electron chi connectivity index (χ2n) is 4.94. The van der Waals surface area contributed by atoms with E-state index < -0.39 is 0 Å². The Bertz CT molecular complexity index is 892. The van der Waals surface area contributed by atoms with Crippen molar-refractivity contribution in [1.29, 1.82) is 5.41 Å². The molecule has 0 aliphatic rings. The van der Waals surface area contributed by atoms with Gasteiger partial charge in [0.1, 0.15) is 16.4 Å². The van der Waals surface area contributed by atoms with Gasteiger partial charge < -0.3 is 0 Å². The molecule has 3 heterocycles. The number of pyridine rings is 2. The summed E-state index contributed by atoms with van der Waals surface area (Å²) in [7, 11) is 0. The van der Waals surface area contributed by atoms with Gasteiger partial charge in [-0.2, -0.15) is 0 Å². The third-order valence-electron chi connectivity index (χ3n) is 3.16. The first-order valence-corrected chi connectivity index (χ1v) is 8.27. The van der Waals surface area contributed by atoms with Crippen molar-refractivity contribution in [3.8, 4) is 11.4 Å². The molecule has 6 nitrogen and oxygen atoms in total. The van der Waals surface area contributed by atoms with E-state index in [1.54, 1.807) is 24.5 Å². The predicted octanol–water partition coefficient (Wildman–Crippen LogP) is 1.81. The van der Waals surface area contributed by atoms with Gasteiger partial charge in [0.2, 0.25) is 5.71 Å². The molecule has 3 aromatic heterocycles. The average Bonchev–Trinajstić information content (AvgIpc) is 2.68. The Morgan fingerprint density at radius 2 is 1.68 bits per heavy atom. The van der Waals surface area contributed by atoms with Crippen LogP contribution in [-0.4, -0.2) is 30.9 Å². The number of nitrogens with zero attached hydrogens (tertiary/aromatic N) is 4. The van der Waals surface area contributed by atoms with Crippen LogP contribution in [0, 0.1) is 5.41 Å². The zero-order chi connectivity index (χ0) is 17.5. The maximum Gasteiger partial charge on any atom is 0.222 e. The van der Waals surface area contributed by atoms with E-state index in [0.29, 0.717) is 27.2 Å². The third kappa shape index (κ3) is 4.65. The Labute approximate surface area is 149 Å². The summed E-state index contributed by atoms with van der Waals surface area (Å²) in [5.74, 6) is 0. The molecule has 0 aromatic carbocycles. The highest BCUT2D eigenvalue weighted by Crippen LogP contribution is 2.19. The van der Waals surface area contributed by atoms with Crippen molar-refractivity contribution in [2.75, 3.05) is 0 Å². The second-order valence-corrected chi connectivity index (χ2v) is 6.00. The molecule has 0 aliphatic heterocycles. The molecule has 0 amide bonds. The number of rotatable bonds is 5. The molecule has 0 atom stereocenters. The Morgan fingerprint density at radius 1 is 0.880 bits per heavy atom. The zero-order valence-corrected chi connectivity index (χ0v) is 14.0. The Morgan fingerprint density at radius 3 is 2.32 bits per heavy atom. The molecule has 3 rings (SSSR count). The van der Waals surface area contributed by atoms with Crippen molar-refractivity contribution >= 4 is 22.5 Å². The molecule has 3 N–H and O–H groups in total. The smallest absolute Gasteiger partial charge is 0.222 e. The van der Waals surface area contributed by atoms with Gasteiger partial charge in [0, 0.05) is 18.5 Å². The highest BCUT2D eigenvalue weighted by atomic mass is 32.2. The maximum absolute atomic E-state index is 8.01. The van der Waals surface area contributed by atoms with E-state index in [1.807, 2.05) is 48.5 Å². The minimum Gasteiger partial charge on any atom is -0.294 e. The van der Waals surface area contributed by atoms with Crippen molar-refractivity contribution in [2.24, 2.45) is 0 Å². The normalized spacial score (nSPS) is 10.7. The molecule has 0 unspecified atom stereocenters. The lowest BCUT2D eigenvalue weighted by Crippen LogP contribution is -2.39. The highest BCUT2D eigenvalue weighted by molar-refractivity contribution is 8.14. The lowest BCUT2D eigenvalue weighted by atomic mass is 10.2. The van der Waals surface area contributed by atoms with Crippen LogP contribution in [0.25, 0.3) is 11.4 Å². The summed E-state index contributed by atoms with van der Waals surface area (Å²) in [6.45, 7) is 0. The fourth-order valence-electron chi connectivity index (χ4n) is 1.96. The number of nitrogens with one attached hydrogen (secondary N) is 1. The van der Waals surface area contributed by atoms with Gasteiger partial charge in [-0.05, 0) is 54.2 Å². The largest absolute Gasteiger partial charge is 0.294 e. The van der Waals surface area contributed by atoms with Gasteiger partial charge >= 0.3 is 0 Å². The first-order valence-electron chi connectivity index (χ1n) is 7.46. The van der Waals surface area contributed by atoms with Gasteiger partial charge in [-0.25, -0.2) is 4.98 Å². The monoisotopic (exact) mass is 347 g/mol. The van der Waals surface area contributed by atoms with Gasteiger partial charge in [-0.1, -0.05) is 12.1 Å². The van der Waals surface area contributed by atoms with E-state index in [1.165, 1.54) is 11.8 Å². The molecule has 0 spiro atoms. The van der Waals surface area contributed by atoms with Gasteiger partial charge in [-0.15, -0.1) is 10.2 Å². The summed E-state index contributed by atoms with van der Waals surface area (Å²) in [4.78, 5) is 8.39. The Kier molecular flexibility index (Phi) is 5.38. The number of hydrogen-bond donors (Lipinski definition) is 2. The minimum atomic E-state index is 0.304. The molecule has 25 heavy (non-hydrogen) atoms. The molecule has 0 fully saturated rings. The molecule has 0 aliphatic carbocycles. The number of aromatic nitrogens is 4. The van der Waals surface area contributed by atoms with Gasteiger partial charge in [-0.3, -0.25) is 15.8 Å². The van der Waals surface area contributed by atoms with E-state index in [-0.39, 0.29) is 0 Å². The molecular weight excluding hydrogens is 332 g/mol. The van der Waals surface area contributed by atoms with Crippen LogP contribution in [-0.2, 0) is 0 Å². The van der Waals surface area contributed by atoms with Crippen molar-refractivity contribution in [2.45, 2.75) is 5.03 Å². The Balaban J connectivity index is 1.61. The van der Waals surface area contributed by atoms with Crippen LogP contribution >= 0.6 is 11.8 Å². The van der Waals surface area contributed by atoms with Gasteiger partial charge in [0.25, 0.3) is 0 Å². The molecule has 0 bridgehead atoms. The van der Waals surface area contributed by atoms with Gasteiger partial charge in [0.15, 0.2) is 0 Å². The van der Waals surface area contributed by atoms with Crippen molar-refractivity contribution in [1.82, 2.24) is 20.2 Å². The molecule has 122 valence electrons. The third-order valence-corrected chi connectivity index (χ3v) is 3.94. The van der Waals surface area contributed by atoms with Crippen molar-refractivity contribution in [3.05, 3.63) is 78.8 Å². The second kappa shape index (κ2) is 8.07.